The van der Waals surface area contributed by atoms with Crippen LogP contribution in [0.3, 0.4) is 0 Å². The summed E-state index contributed by atoms with van der Waals surface area (Å²) in [4.78, 5) is 35.2. The van der Waals surface area contributed by atoms with Crippen molar-refractivity contribution in [2.75, 3.05) is 13.7 Å². The second kappa shape index (κ2) is 15.4. The van der Waals surface area contributed by atoms with Crippen molar-refractivity contribution in [1.29, 1.82) is 5.41 Å². The molecule has 188 valence electrons. The maximum Gasteiger partial charge on any atom is 0.370 e. The minimum atomic E-state index is -1.35. The van der Waals surface area contributed by atoms with E-state index >= 15 is 0 Å². The summed E-state index contributed by atoms with van der Waals surface area (Å²) in [5.41, 5.74) is 0. The van der Waals surface area contributed by atoms with E-state index in [1.165, 1.54) is 39.4 Å². The molecule has 0 fully saturated rings. The van der Waals surface area contributed by atoms with E-state index in [9.17, 15) is 24.6 Å². The maximum atomic E-state index is 12.0. The Bertz CT molecular complexity index is 681. The normalized spacial score (nSPS) is 21.8. The first-order valence-corrected chi connectivity index (χ1v) is 11.5. The molecule has 0 bridgehead atoms. The van der Waals surface area contributed by atoms with Gasteiger partial charge >= 0.3 is 11.9 Å². The largest absolute Gasteiger partial charge is 0.478 e. The molecule has 5 atom stereocenters. The van der Waals surface area contributed by atoms with Crippen LogP contribution in [0.4, 0.5) is 0 Å². The number of aliphatic hydroxyl groups excluding tert-OH is 1. The summed E-state index contributed by atoms with van der Waals surface area (Å²) < 4.78 is 16.0. The Kier molecular flexibility index (Phi) is 13.3. The highest BCUT2D eigenvalue weighted by atomic mass is 16.6. The monoisotopic (exact) mass is 470 g/mol. The third-order valence-corrected chi connectivity index (χ3v) is 5.52. The van der Waals surface area contributed by atoms with Gasteiger partial charge in [0, 0.05) is 32.6 Å². The highest BCUT2D eigenvalue weighted by Crippen LogP contribution is 2.27. The van der Waals surface area contributed by atoms with Gasteiger partial charge in [-0.2, -0.15) is 0 Å². The van der Waals surface area contributed by atoms with Gasteiger partial charge in [-0.3, -0.25) is 9.59 Å². The number of ether oxygens (including phenoxy) is 3. The molecule has 3 unspecified atom stereocenters. The molecule has 1 amide bonds. The number of amides is 1. The quantitative estimate of drug-likeness (QED) is 0.152. The van der Waals surface area contributed by atoms with Crippen molar-refractivity contribution in [3.05, 3.63) is 11.8 Å². The summed E-state index contributed by atoms with van der Waals surface area (Å²) in [7, 11) is 1.29. The fourth-order valence-corrected chi connectivity index (χ4v) is 3.80. The lowest BCUT2D eigenvalue weighted by Gasteiger charge is -2.40. The van der Waals surface area contributed by atoms with Gasteiger partial charge in [-0.15, -0.1) is 0 Å². The van der Waals surface area contributed by atoms with Gasteiger partial charge in [-0.25, -0.2) is 4.79 Å². The average Bonchev–Trinajstić information content (AvgIpc) is 2.77. The van der Waals surface area contributed by atoms with Crippen LogP contribution in [0.2, 0.25) is 0 Å². The average molecular weight is 471 g/mol. The molecule has 1 heterocycles. The molecule has 0 spiro atoms. The molecule has 0 aromatic heterocycles. The molecular weight excluding hydrogens is 432 g/mol. The standard InChI is InChI=1S/C23H38N2O8/c1-4-5-6-7-8-9-10-11-19(28)32-14-17(27)21(31-3)22-20(25-15(2)26)16(13-24)12-18(33-22)23(29)30/h12-13,16-17,20-22,24,27H,4-11,14H2,1-3H3,(H,25,26)(H,29,30)/t16-,17?,20?,21?,22-/m1/s1. The predicted octanol–water partition coefficient (Wildman–Crippen LogP) is 2.18. The Morgan fingerprint density at radius 2 is 1.85 bits per heavy atom. The molecule has 0 aliphatic carbocycles. The van der Waals surface area contributed by atoms with E-state index in [2.05, 4.69) is 12.2 Å². The number of hydrogen-bond donors (Lipinski definition) is 4. The second-order valence-electron chi connectivity index (χ2n) is 8.21. The molecule has 33 heavy (non-hydrogen) atoms. The fourth-order valence-electron chi connectivity index (χ4n) is 3.80. The number of methoxy groups -OCH3 is 1. The third kappa shape index (κ3) is 9.91. The van der Waals surface area contributed by atoms with Crippen LogP contribution in [0, 0.1) is 11.3 Å². The van der Waals surface area contributed by atoms with Gasteiger partial charge in [0.05, 0.1) is 6.04 Å². The van der Waals surface area contributed by atoms with Crippen LogP contribution in [0.1, 0.15) is 65.2 Å². The molecule has 0 radical (unpaired) electrons. The molecule has 10 nitrogen and oxygen atoms in total. The van der Waals surface area contributed by atoms with Crippen molar-refractivity contribution in [2.45, 2.75) is 89.6 Å². The predicted molar refractivity (Wildman–Crippen MR) is 121 cm³/mol. The zero-order valence-electron chi connectivity index (χ0n) is 19.7. The second-order valence-corrected chi connectivity index (χ2v) is 8.21. The van der Waals surface area contributed by atoms with Crippen molar-refractivity contribution in [1.82, 2.24) is 5.32 Å². The minimum Gasteiger partial charge on any atom is -0.478 e. The van der Waals surface area contributed by atoms with E-state index < -0.39 is 53.9 Å². The summed E-state index contributed by atoms with van der Waals surface area (Å²) in [5.74, 6) is -3.41. The summed E-state index contributed by atoms with van der Waals surface area (Å²) in [6.45, 7) is 3.06. The van der Waals surface area contributed by atoms with Crippen LogP contribution < -0.4 is 5.32 Å². The van der Waals surface area contributed by atoms with E-state index in [-0.39, 0.29) is 13.0 Å². The van der Waals surface area contributed by atoms with Crippen molar-refractivity contribution in [3.8, 4) is 0 Å². The van der Waals surface area contributed by atoms with Gasteiger partial charge in [-0.1, -0.05) is 45.4 Å². The highest BCUT2D eigenvalue weighted by molar-refractivity contribution is 5.86. The molecule has 0 saturated heterocycles. The number of carbonyl (C=O) groups is 3. The first-order chi connectivity index (χ1) is 15.7. The lowest BCUT2D eigenvalue weighted by atomic mass is 9.87. The van der Waals surface area contributed by atoms with E-state index in [0.717, 1.165) is 25.5 Å². The molecule has 0 saturated carbocycles. The van der Waals surface area contributed by atoms with Crippen molar-refractivity contribution < 1.29 is 38.8 Å². The number of hydrogen-bond acceptors (Lipinski definition) is 8. The van der Waals surface area contributed by atoms with Gasteiger partial charge in [0.1, 0.15) is 24.9 Å². The van der Waals surface area contributed by atoms with Gasteiger partial charge < -0.3 is 35.1 Å². The number of unbranched alkanes of at least 4 members (excludes halogenated alkanes) is 6. The molecule has 10 heteroatoms. The Morgan fingerprint density at radius 1 is 1.21 bits per heavy atom. The zero-order chi connectivity index (χ0) is 24.8. The van der Waals surface area contributed by atoms with Gasteiger partial charge in [0.2, 0.25) is 11.7 Å². The molecular formula is C23H38N2O8. The lowest BCUT2D eigenvalue weighted by Crippen LogP contribution is -2.59. The van der Waals surface area contributed by atoms with E-state index in [4.69, 9.17) is 19.6 Å². The van der Waals surface area contributed by atoms with E-state index in [1.54, 1.807) is 0 Å². The van der Waals surface area contributed by atoms with Crippen LogP contribution in [0.5, 0.6) is 0 Å². The Labute approximate surface area is 195 Å². The molecule has 1 aliphatic heterocycles. The lowest BCUT2D eigenvalue weighted by molar-refractivity contribution is -0.159. The topological polar surface area (TPSA) is 155 Å². The van der Waals surface area contributed by atoms with Crippen LogP contribution >= 0.6 is 0 Å². The van der Waals surface area contributed by atoms with Crippen LogP contribution in [0.15, 0.2) is 11.8 Å². The van der Waals surface area contributed by atoms with Crippen molar-refractivity contribution >= 4 is 24.1 Å². The van der Waals surface area contributed by atoms with E-state index in [1.807, 2.05) is 0 Å². The molecule has 0 aromatic carbocycles. The first-order valence-electron chi connectivity index (χ1n) is 11.5. The Morgan fingerprint density at radius 3 is 2.39 bits per heavy atom. The maximum absolute atomic E-state index is 12.0. The van der Waals surface area contributed by atoms with E-state index in [0.29, 0.717) is 6.42 Å². The number of aliphatic hydroxyl groups is 1. The summed E-state index contributed by atoms with van der Waals surface area (Å²) >= 11 is 0. The minimum absolute atomic E-state index is 0.244. The molecule has 0 aromatic rings. The first kappa shape index (κ1) is 28.6. The molecule has 4 N–H and O–H groups in total. The number of carboxylic acid groups (broad SMARTS) is 1. The highest BCUT2D eigenvalue weighted by Gasteiger charge is 2.44. The summed E-state index contributed by atoms with van der Waals surface area (Å²) in [6, 6.07) is -0.855. The summed E-state index contributed by atoms with van der Waals surface area (Å²) in [6.07, 6.45) is 6.32. The summed E-state index contributed by atoms with van der Waals surface area (Å²) in [5, 5.41) is 30.2. The molecule has 1 aliphatic rings. The van der Waals surface area contributed by atoms with Crippen LogP contribution in [-0.4, -0.2) is 72.3 Å². The fraction of sp³-hybridized carbons (Fsp3) is 0.739. The number of esters is 1. The van der Waals surface area contributed by atoms with Gasteiger partial charge in [0.15, 0.2) is 0 Å². The van der Waals surface area contributed by atoms with Crippen LogP contribution in [-0.2, 0) is 28.6 Å². The SMILES string of the molecule is CCCCCCCCCC(=O)OCC(O)C(OC)[C@@H]1OC(C(=O)O)=C[C@H](C=N)C1NC(C)=O. The van der Waals surface area contributed by atoms with Crippen molar-refractivity contribution in [2.24, 2.45) is 5.92 Å². The van der Waals surface area contributed by atoms with Crippen molar-refractivity contribution in [3.63, 3.8) is 0 Å². The van der Waals surface area contributed by atoms with Gasteiger partial charge in [-0.05, 0) is 12.5 Å². The van der Waals surface area contributed by atoms with Gasteiger partial charge in [0.25, 0.3) is 0 Å². The Hall–Kier alpha value is -2.46. The molecule has 1 rings (SSSR count). The number of rotatable bonds is 16. The third-order valence-electron chi connectivity index (χ3n) is 5.52. The number of nitrogens with one attached hydrogen (secondary N) is 2. The smallest absolute Gasteiger partial charge is 0.370 e. The number of aliphatic carboxylic acids is 1. The Balaban J connectivity index is 2.69. The number of carboxylic acids is 1. The zero-order valence-corrected chi connectivity index (χ0v) is 19.7. The number of carbonyl (C=O) groups excluding carboxylic acids is 2. The van der Waals surface area contributed by atoms with Crippen LogP contribution in [0.25, 0.3) is 0 Å².